The van der Waals surface area contributed by atoms with Gasteiger partial charge >= 0.3 is 0 Å². The summed E-state index contributed by atoms with van der Waals surface area (Å²) in [6.07, 6.45) is 2.74. The molecule has 28 heavy (non-hydrogen) atoms. The summed E-state index contributed by atoms with van der Waals surface area (Å²) in [5.74, 6) is 0.714. The van der Waals surface area contributed by atoms with Crippen molar-refractivity contribution in [2.75, 3.05) is 7.11 Å². The second-order valence-corrected chi connectivity index (χ2v) is 7.24. The lowest BCUT2D eigenvalue weighted by molar-refractivity contribution is -0.115. The van der Waals surface area contributed by atoms with E-state index in [1.807, 2.05) is 25.1 Å². The number of aliphatic imine (C=N–C) groups is 1. The summed E-state index contributed by atoms with van der Waals surface area (Å²) < 4.78 is 24.3. The van der Waals surface area contributed by atoms with E-state index < -0.39 is 0 Å². The summed E-state index contributed by atoms with van der Waals surface area (Å²) in [4.78, 5) is 17.1. The average molecular weight is 400 g/mol. The van der Waals surface area contributed by atoms with Crippen LogP contribution in [-0.4, -0.2) is 24.3 Å². The lowest BCUT2D eigenvalue weighted by Crippen LogP contribution is -2.19. The number of thioether (sulfide) groups is 1. The Morgan fingerprint density at radius 3 is 2.64 bits per heavy atom. The molecule has 1 amide bonds. The molecule has 7 heteroatoms. The summed E-state index contributed by atoms with van der Waals surface area (Å²) in [5, 5.41) is 3.17. The minimum atomic E-state index is -0.331. The Morgan fingerprint density at radius 2 is 1.96 bits per heavy atom. The van der Waals surface area contributed by atoms with Crippen LogP contribution in [0.5, 0.6) is 11.5 Å². The zero-order valence-corrected chi connectivity index (χ0v) is 16.7. The van der Waals surface area contributed by atoms with E-state index in [0.717, 1.165) is 12.0 Å². The molecule has 0 radical (unpaired) electrons. The van der Waals surface area contributed by atoms with E-state index in [-0.39, 0.29) is 17.8 Å². The Bertz CT molecular complexity index is 926. The van der Waals surface area contributed by atoms with Crippen molar-refractivity contribution in [3.8, 4) is 11.5 Å². The van der Waals surface area contributed by atoms with E-state index in [9.17, 15) is 9.18 Å². The van der Waals surface area contributed by atoms with E-state index in [2.05, 4.69) is 17.2 Å². The van der Waals surface area contributed by atoms with Crippen LogP contribution in [0.15, 0.2) is 52.4 Å². The summed E-state index contributed by atoms with van der Waals surface area (Å²) in [6.45, 7) is 4.05. The molecule has 0 aromatic heterocycles. The highest BCUT2D eigenvalue weighted by Crippen LogP contribution is 2.33. The molecule has 146 valence electrons. The predicted octanol–water partition coefficient (Wildman–Crippen LogP) is 4.90. The standard InChI is InChI=1S/C21H21FN2O3S/c1-4-13(2)27-17-10-5-14(11-18(17)26-3)12-19-20(25)24-21(28-19)23-16-8-6-15(22)7-9-16/h5-13H,4H2,1-3H3,(H,23,24,25)/b19-12+/t13-/m0/s1. The lowest BCUT2D eigenvalue weighted by Gasteiger charge is -2.15. The molecule has 5 nitrogen and oxygen atoms in total. The summed E-state index contributed by atoms with van der Waals surface area (Å²) >= 11 is 1.23. The average Bonchev–Trinajstić information content (AvgIpc) is 3.03. The van der Waals surface area contributed by atoms with E-state index in [1.165, 1.54) is 23.9 Å². The minimum absolute atomic E-state index is 0.0829. The number of ether oxygens (including phenoxy) is 2. The van der Waals surface area contributed by atoms with Crippen LogP contribution in [-0.2, 0) is 4.79 Å². The Hall–Kier alpha value is -2.80. The minimum Gasteiger partial charge on any atom is -0.493 e. The molecule has 0 unspecified atom stereocenters. The fraction of sp³-hybridized carbons (Fsp3) is 0.238. The van der Waals surface area contributed by atoms with Crippen LogP contribution in [0.2, 0.25) is 0 Å². The smallest absolute Gasteiger partial charge is 0.264 e. The van der Waals surface area contributed by atoms with Gasteiger partial charge in [0.25, 0.3) is 5.91 Å². The molecule has 1 N–H and O–H groups in total. The molecule has 1 heterocycles. The van der Waals surface area contributed by atoms with E-state index in [0.29, 0.717) is 27.3 Å². The SMILES string of the molecule is CC[C@H](C)Oc1ccc(/C=C2/SC(=Nc3ccc(F)cc3)NC2=O)cc1OC. The van der Waals surface area contributed by atoms with Crippen molar-refractivity contribution < 1.29 is 18.7 Å². The molecule has 2 aromatic carbocycles. The third-order valence-corrected chi connectivity index (χ3v) is 5.01. The van der Waals surface area contributed by atoms with E-state index in [1.54, 1.807) is 25.3 Å². The fourth-order valence-corrected chi connectivity index (χ4v) is 3.28. The van der Waals surface area contributed by atoms with Gasteiger partial charge in [-0.3, -0.25) is 4.79 Å². The summed E-state index contributed by atoms with van der Waals surface area (Å²) in [7, 11) is 1.58. The Morgan fingerprint density at radius 1 is 1.21 bits per heavy atom. The number of hydrogen-bond acceptors (Lipinski definition) is 5. The predicted molar refractivity (Wildman–Crippen MR) is 111 cm³/mol. The molecule has 0 aliphatic carbocycles. The van der Waals surface area contributed by atoms with Crippen molar-refractivity contribution in [3.05, 3.63) is 58.8 Å². The van der Waals surface area contributed by atoms with E-state index >= 15 is 0 Å². The number of amides is 1. The topological polar surface area (TPSA) is 59.9 Å². The van der Waals surface area contributed by atoms with Crippen LogP contribution in [0, 0.1) is 5.82 Å². The van der Waals surface area contributed by atoms with Gasteiger partial charge in [0.1, 0.15) is 5.82 Å². The quantitative estimate of drug-likeness (QED) is 0.701. The summed E-state index contributed by atoms with van der Waals surface area (Å²) in [6, 6.07) is 11.3. The number of nitrogens with one attached hydrogen (secondary N) is 1. The second-order valence-electron chi connectivity index (χ2n) is 6.21. The number of carbonyl (C=O) groups excluding carboxylic acids is 1. The van der Waals surface area contributed by atoms with Crippen molar-refractivity contribution in [2.24, 2.45) is 4.99 Å². The number of methoxy groups -OCH3 is 1. The molecule has 0 bridgehead atoms. The molecule has 2 aromatic rings. The Labute approximate surface area is 167 Å². The van der Waals surface area contributed by atoms with Gasteiger partial charge in [0.2, 0.25) is 0 Å². The normalized spacial score (nSPS) is 17.6. The first-order chi connectivity index (χ1) is 13.5. The van der Waals surface area contributed by atoms with Crippen molar-refractivity contribution in [1.82, 2.24) is 5.32 Å². The zero-order chi connectivity index (χ0) is 20.1. The van der Waals surface area contributed by atoms with Crippen LogP contribution in [0.25, 0.3) is 6.08 Å². The van der Waals surface area contributed by atoms with Crippen molar-refractivity contribution in [3.63, 3.8) is 0 Å². The molecule has 1 aliphatic heterocycles. The Kier molecular flexibility index (Phi) is 6.36. The van der Waals surface area contributed by atoms with Gasteiger partial charge in [-0.1, -0.05) is 13.0 Å². The molecular formula is C21H21FN2O3S. The lowest BCUT2D eigenvalue weighted by atomic mass is 10.2. The monoisotopic (exact) mass is 400 g/mol. The van der Waals surface area contributed by atoms with Gasteiger partial charge in [-0.05, 0) is 73.1 Å². The first-order valence-corrected chi connectivity index (χ1v) is 9.70. The van der Waals surface area contributed by atoms with Gasteiger partial charge in [0.15, 0.2) is 16.7 Å². The van der Waals surface area contributed by atoms with Gasteiger partial charge in [0.05, 0.1) is 23.8 Å². The number of carbonyl (C=O) groups is 1. The Balaban J connectivity index is 1.79. The van der Waals surface area contributed by atoms with Crippen LogP contribution >= 0.6 is 11.8 Å². The third-order valence-electron chi connectivity index (χ3n) is 4.10. The highest BCUT2D eigenvalue weighted by Gasteiger charge is 2.24. The largest absolute Gasteiger partial charge is 0.493 e. The van der Waals surface area contributed by atoms with Gasteiger partial charge < -0.3 is 14.8 Å². The van der Waals surface area contributed by atoms with Crippen molar-refractivity contribution in [1.29, 1.82) is 0 Å². The highest BCUT2D eigenvalue weighted by molar-refractivity contribution is 8.18. The van der Waals surface area contributed by atoms with Crippen LogP contribution in [0.3, 0.4) is 0 Å². The maximum absolute atomic E-state index is 13.0. The molecule has 1 saturated heterocycles. The fourth-order valence-electron chi connectivity index (χ4n) is 2.44. The molecular weight excluding hydrogens is 379 g/mol. The molecule has 1 atom stereocenters. The number of amidine groups is 1. The van der Waals surface area contributed by atoms with Gasteiger partial charge in [-0.25, -0.2) is 9.38 Å². The molecule has 0 spiro atoms. The van der Waals surface area contributed by atoms with E-state index in [4.69, 9.17) is 9.47 Å². The molecule has 1 fully saturated rings. The highest BCUT2D eigenvalue weighted by atomic mass is 32.2. The number of rotatable bonds is 6. The van der Waals surface area contributed by atoms with Crippen LogP contribution < -0.4 is 14.8 Å². The number of nitrogens with zero attached hydrogens (tertiary/aromatic N) is 1. The van der Waals surface area contributed by atoms with Crippen LogP contribution in [0.4, 0.5) is 10.1 Å². The second kappa shape index (κ2) is 8.93. The maximum atomic E-state index is 13.0. The number of halogens is 1. The zero-order valence-electron chi connectivity index (χ0n) is 15.9. The molecule has 3 rings (SSSR count). The van der Waals surface area contributed by atoms with Gasteiger partial charge in [-0.15, -0.1) is 0 Å². The third kappa shape index (κ3) is 4.92. The first kappa shape index (κ1) is 19.9. The van der Waals surface area contributed by atoms with Crippen molar-refractivity contribution in [2.45, 2.75) is 26.4 Å². The van der Waals surface area contributed by atoms with Gasteiger partial charge in [0, 0.05) is 0 Å². The molecule has 0 saturated carbocycles. The molecule has 1 aliphatic rings. The summed E-state index contributed by atoms with van der Waals surface area (Å²) in [5.41, 5.74) is 1.38. The first-order valence-electron chi connectivity index (χ1n) is 8.88. The number of hydrogen-bond donors (Lipinski definition) is 1. The maximum Gasteiger partial charge on any atom is 0.264 e. The van der Waals surface area contributed by atoms with Crippen molar-refractivity contribution >= 4 is 34.6 Å². The van der Waals surface area contributed by atoms with Crippen LogP contribution in [0.1, 0.15) is 25.8 Å². The van der Waals surface area contributed by atoms with Gasteiger partial charge in [-0.2, -0.15) is 0 Å². The number of benzene rings is 2.